The second kappa shape index (κ2) is 13.9. The van der Waals surface area contributed by atoms with Crippen LogP contribution >= 0.6 is 0 Å². The van der Waals surface area contributed by atoms with Crippen LogP contribution in [-0.2, 0) is 9.53 Å². The summed E-state index contributed by atoms with van der Waals surface area (Å²) in [5, 5.41) is 16.3. The fourth-order valence-corrected chi connectivity index (χ4v) is 5.36. The number of likely N-dealkylation sites (tertiary alicyclic amines) is 1. The highest BCUT2D eigenvalue weighted by Gasteiger charge is 2.35. The summed E-state index contributed by atoms with van der Waals surface area (Å²) in [6.45, 7) is 12.3. The maximum Gasteiger partial charge on any atom is 0.408 e. The van der Waals surface area contributed by atoms with Crippen molar-refractivity contribution >= 4 is 18.0 Å². The highest BCUT2D eigenvalue weighted by molar-refractivity contribution is 5.87. The van der Waals surface area contributed by atoms with E-state index in [1.54, 1.807) is 37.8 Å². The molecule has 0 bridgehead atoms. The molecule has 2 aliphatic heterocycles. The van der Waals surface area contributed by atoms with E-state index in [2.05, 4.69) is 40.3 Å². The van der Waals surface area contributed by atoms with Gasteiger partial charge in [-0.1, -0.05) is 31.1 Å². The van der Waals surface area contributed by atoms with Crippen LogP contribution in [0.25, 0.3) is 0 Å². The van der Waals surface area contributed by atoms with Crippen molar-refractivity contribution in [2.24, 2.45) is 5.92 Å². The molecule has 0 saturated carbocycles. The number of aromatic nitrogens is 2. The van der Waals surface area contributed by atoms with Gasteiger partial charge in [-0.05, 0) is 82.9 Å². The van der Waals surface area contributed by atoms with Crippen LogP contribution in [-0.4, -0.2) is 64.9 Å². The number of nitrogens with zero attached hydrogens (tertiary/aromatic N) is 5. The largest absolute Gasteiger partial charge is 0.494 e. The fourth-order valence-electron chi connectivity index (χ4n) is 5.36. The Hall–Kier alpha value is -3.81. The number of carbonyl (C=O) groups excluding carboxylic acids is 2. The summed E-state index contributed by atoms with van der Waals surface area (Å²) in [6.07, 6.45) is 4.89. The lowest BCUT2D eigenvalue weighted by Crippen LogP contribution is -2.45. The second-order valence-electron chi connectivity index (χ2n) is 12.5. The molecule has 4 rings (SSSR count). The first-order chi connectivity index (χ1) is 20.0. The molecule has 2 atom stereocenters. The maximum absolute atomic E-state index is 13.4. The molecule has 0 spiro atoms. The molecule has 2 unspecified atom stereocenters. The quantitative estimate of drug-likeness (QED) is 0.369. The van der Waals surface area contributed by atoms with Crippen molar-refractivity contribution in [3.63, 3.8) is 0 Å². The van der Waals surface area contributed by atoms with E-state index >= 15 is 0 Å². The van der Waals surface area contributed by atoms with Gasteiger partial charge in [-0.3, -0.25) is 4.79 Å². The van der Waals surface area contributed by atoms with Gasteiger partial charge in [0.15, 0.2) is 5.82 Å². The van der Waals surface area contributed by atoms with E-state index < -0.39 is 23.8 Å². The Morgan fingerprint density at radius 1 is 1.14 bits per heavy atom. The van der Waals surface area contributed by atoms with E-state index in [9.17, 15) is 14.9 Å². The number of anilines is 1. The number of amides is 2. The molecule has 2 aromatic rings. The van der Waals surface area contributed by atoms with Crippen molar-refractivity contribution in [2.75, 3.05) is 31.1 Å². The number of hydrogen-bond donors (Lipinski definition) is 1. The van der Waals surface area contributed by atoms with Gasteiger partial charge in [0, 0.05) is 25.6 Å². The summed E-state index contributed by atoms with van der Waals surface area (Å²) in [4.78, 5) is 34.3. The lowest BCUT2D eigenvalue weighted by Gasteiger charge is -2.30. The van der Waals surface area contributed by atoms with E-state index in [-0.39, 0.29) is 11.8 Å². The molecule has 42 heavy (non-hydrogen) atoms. The molecule has 2 amide bonds. The van der Waals surface area contributed by atoms with E-state index in [0.29, 0.717) is 42.8 Å². The lowest BCUT2D eigenvalue weighted by atomic mass is 9.92. The molecule has 2 aliphatic rings. The molecule has 1 aromatic carbocycles. The minimum absolute atomic E-state index is 0.251. The van der Waals surface area contributed by atoms with Crippen molar-refractivity contribution < 1.29 is 23.6 Å². The SMILES string of the molecule is CC(C)c1noc(N2CCC(CCCOc3ccc(C(NC(=O)OC(C)(C)C)C(=O)N4CCCC4C#N)cc3)CC2)n1. The van der Waals surface area contributed by atoms with Crippen LogP contribution in [0, 0.1) is 17.2 Å². The summed E-state index contributed by atoms with van der Waals surface area (Å²) in [5.41, 5.74) is -0.101. The van der Waals surface area contributed by atoms with E-state index in [1.807, 2.05) is 12.1 Å². The standard InChI is InChI=1S/C31H44N6O5/c1-21(2)27-34-29(42-35-27)36-17-14-22(15-18-36)8-7-19-40-25-12-10-23(11-13-25)26(33-30(39)41-31(3,4)5)28(38)37-16-6-9-24(37)20-32/h10-13,21-22,24,26H,6-9,14-19H2,1-5H3,(H,33,39). The monoisotopic (exact) mass is 580 g/mol. The number of hydrogen-bond acceptors (Lipinski definition) is 9. The van der Waals surface area contributed by atoms with Crippen LogP contribution in [0.1, 0.15) is 96.5 Å². The molecular weight excluding hydrogens is 536 g/mol. The molecule has 2 fully saturated rings. The number of benzene rings is 1. The highest BCUT2D eigenvalue weighted by atomic mass is 16.6. The zero-order chi connectivity index (χ0) is 30.3. The number of nitriles is 1. The first-order valence-electron chi connectivity index (χ1n) is 15.0. The third-order valence-electron chi connectivity index (χ3n) is 7.66. The summed E-state index contributed by atoms with van der Waals surface area (Å²) in [5.74, 6) is 2.02. The molecule has 228 valence electrons. The number of rotatable bonds is 10. The number of ether oxygens (including phenoxy) is 2. The molecule has 0 radical (unpaired) electrons. The van der Waals surface area contributed by atoms with Crippen LogP contribution in [0.4, 0.5) is 10.8 Å². The lowest BCUT2D eigenvalue weighted by molar-refractivity contribution is -0.133. The Morgan fingerprint density at radius 3 is 2.48 bits per heavy atom. The zero-order valence-corrected chi connectivity index (χ0v) is 25.5. The molecule has 11 heteroatoms. The number of nitrogens with one attached hydrogen (secondary N) is 1. The second-order valence-corrected chi connectivity index (χ2v) is 12.5. The molecule has 2 saturated heterocycles. The van der Waals surface area contributed by atoms with Gasteiger partial charge in [0.1, 0.15) is 23.4 Å². The Balaban J connectivity index is 1.27. The van der Waals surface area contributed by atoms with Gasteiger partial charge in [0.05, 0.1) is 12.7 Å². The van der Waals surface area contributed by atoms with Gasteiger partial charge in [-0.25, -0.2) is 4.79 Å². The predicted octanol–water partition coefficient (Wildman–Crippen LogP) is 5.35. The first-order valence-corrected chi connectivity index (χ1v) is 15.0. The van der Waals surface area contributed by atoms with Gasteiger partial charge >= 0.3 is 12.1 Å². The van der Waals surface area contributed by atoms with E-state index in [1.165, 1.54) is 0 Å². The molecular formula is C31H44N6O5. The Morgan fingerprint density at radius 2 is 1.86 bits per heavy atom. The van der Waals surface area contributed by atoms with Gasteiger partial charge in [0.25, 0.3) is 5.91 Å². The topological polar surface area (TPSA) is 134 Å². The Bertz CT molecular complexity index is 1220. The summed E-state index contributed by atoms with van der Waals surface area (Å²) < 4.78 is 16.8. The number of alkyl carbamates (subject to hydrolysis) is 1. The molecule has 0 aliphatic carbocycles. The molecule has 11 nitrogen and oxygen atoms in total. The van der Waals surface area contributed by atoms with Crippen molar-refractivity contribution in [1.29, 1.82) is 5.26 Å². The summed E-state index contributed by atoms with van der Waals surface area (Å²) in [7, 11) is 0. The number of piperidine rings is 1. The van der Waals surface area contributed by atoms with Crippen LogP contribution in [0.3, 0.4) is 0 Å². The average molecular weight is 581 g/mol. The average Bonchev–Trinajstić information content (AvgIpc) is 3.64. The minimum atomic E-state index is -0.960. The van der Waals surface area contributed by atoms with Gasteiger partial charge in [-0.2, -0.15) is 10.2 Å². The maximum atomic E-state index is 13.4. The summed E-state index contributed by atoms with van der Waals surface area (Å²) in [6, 6.07) is 8.56. The van der Waals surface area contributed by atoms with Crippen LogP contribution < -0.4 is 15.0 Å². The van der Waals surface area contributed by atoms with E-state index in [4.69, 9.17) is 14.0 Å². The van der Waals surface area contributed by atoms with Gasteiger partial charge < -0.3 is 29.1 Å². The molecule has 1 aromatic heterocycles. The van der Waals surface area contributed by atoms with Crippen LogP contribution in [0.15, 0.2) is 28.8 Å². The predicted molar refractivity (Wildman–Crippen MR) is 157 cm³/mol. The van der Waals surface area contributed by atoms with Gasteiger partial charge in [-0.15, -0.1) is 0 Å². The third-order valence-corrected chi connectivity index (χ3v) is 7.66. The van der Waals surface area contributed by atoms with E-state index in [0.717, 1.165) is 51.0 Å². The third kappa shape index (κ3) is 8.37. The smallest absolute Gasteiger partial charge is 0.408 e. The fraction of sp³-hybridized carbons (Fsp3) is 0.645. The van der Waals surface area contributed by atoms with Crippen LogP contribution in [0.5, 0.6) is 5.75 Å². The molecule has 3 heterocycles. The Kier molecular flexibility index (Phi) is 10.3. The summed E-state index contributed by atoms with van der Waals surface area (Å²) >= 11 is 0. The van der Waals surface area contributed by atoms with Crippen molar-refractivity contribution in [3.05, 3.63) is 35.7 Å². The van der Waals surface area contributed by atoms with Crippen LogP contribution in [0.2, 0.25) is 0 Å². The minimum Gasteiger partial charge on any atom is -0.494 e. The Labute approximate surface area is 248 Å². The van der Waals surface area contributed by atoms with Crippen molar-refractivity contribution in [3.8, 4) is 11.8 Å². The normalized spacial score (nSPS) is 18.5. The number of carbonyl (C=O) groups is 2. The van der Waals surface area contributed by atoms with Gasteiger partial charge in [0.2, 0.25) is 0 Å². The first kappa shape index (κ1) is 31.1. The highest BCUT2D eigenvalue weighted by Crippen LogP contribution is 2.28. The van der Waals surface area contributed by atoms with Crippen molar-refractivity contribution in [2.45, 2.75) is 96.7 Å². The zero-order valence-electron chi connectivity index (χ0n) is 25.5. The molecule has 1 N–H and O–H groups in total. The van der Waals surface area contributed by atoms with Crippen molar-refractivity contribution in [1.82, 2.24) is 20.4 Å².